The van der Waals surface area contributed by atoms with Crippen LogP contribution in [0.15, 0.2) is 78.9 Å². The molecule has 2 N–H and O–H groups in total. The number of hydrogen-bond acceptors (Lipinski definition) is 3. The van der Waals surface area contributed by atoms with Crippen LogP contribution in [0, 0.1) is 0 Å². The Morgan fingerprint density at radius 1 is 0.839 bits per heavy atom. The predicted molar refractivity (Wildman–Crippen MR) is 112 cm³/mol. The van der Waals surface area contributed by atoms with Crippen molar-refractivity contribution in [1.82, 2.24) is 4.90 Å². The zero-order valence-electron chi connectivity index (χ0n) is 16.9. The number of aromatic hydroxyl groups is 1. The highest BCUT2D eigenvalue weighted by molar-refractivity contribution is 5.43. The zero-order chi connectivity index (χ0) is 22.1. The number of nitrogens with zero attached hydrogens (tertiary/aromatic N) is 1. The molecule has 1 heterocycles. The number of benzene rings is 3. The molecule has 3 aromatic rings. The van der Waals surface area contributed by atoms with Crippen molar-refractivity contribution < 1.29 is 23.4 Å². The van der Waals surface area contributed by atoms with Gasteiger partial charge >= 0.3 is 6.18 Å². The first-order valence-electron chi connectivity index (χ1n) is 10.3. The van der Waals surface area contributed by atoms with Gasteiger partial charge in [-0.25, -0.2) is 0 Å². The Labute approximate surface area is 179 Å². The van der Waals surface area contributed by atoms with Gasteiger partial charge in [-0.15, -0.1) is 0 Å². The summed E-state index contributed by atoms with van der Waals surface area (Å²) in [5.74, 6) is -0.747. The molecule has 3 nitrogen and oxygen atoms in total. The van der Waals surface area contributed by atoms with E-state index in [1.54, 1.807) is 0 Å². The van der Waals surface area contributed by atoms with Crippen LogP contribution in [0.5, 0.6) is 5.75 Å². The van der Waals surface area contributed by atoms with Crippen LogP contribution in [-0.4, -0.2) is 27.7 Å². The van der Waals surface area contributed by atoms with Gasteiger partial charge in [-0.3, -0.25) is 4.90 Å². The van der Waals surface area contributed by atoms with Crippen LogP contribution in [0.1, 0.15) is 35.1 Å². The van der Waals surface area contributed by atoms with Gasteiger partial charge in [0.1, 0.15) is 11.4 Å². The molecule has 0 aliphatic carbocycles. The summed E-state index contributed by atoms with van der Waals surface area (Å²) in [5, 5.41) is 22.4. The van der Waals surface area contributed by atoms with Gasteiger partial charge in [0.15, 0.2) is 0 Å². The highest BCUT2D eigenvalue weighted by Gasteiger charge is 2.45. The number of phenols is 1. The first-order chi connectivity index (χ1) is 14.8. The standard InChI is InChI=1S/C25H24F3NO2/c26-25(27,28)21-14-7-9-18(23(21)30)17-29-16-8-15-22(29)24(31,19-10-3-1-4-11-19)20-12-5-2-6-13-20/h1-7,9-14,22,30-31H,8,15-17H2. The van der Waals surface area contributed by atoms with Gasteiger partial charge in [-0.05, 0) is 36.6 Å². The van der Waals surface area contributed by atoms with Crippen molar-refractivity contribution in [2.75, 3.05) is 6.54 Å². The van der Waals surface area contributed by atoms with Gasteiger partial charge in [0.2, 0.25) is 0 Å². The molecule has 1 fully saturated rings. The van der Waals surface area contributed by atoms with Crippen LogP contribution in [0.2, 0.25) is 0 Å². The number of rotatable bonds is 5. The average Bonchev–Trinajstić information content (AvgIpc) is 3.24. The number of hydrogen-bond donors (Lipinski definition) is 2. The third-order valence-corrected chi connectivity index (χ3v) is 6.07. The summed E-state index contributed by atoms with van der Waals surface area (Å²) in [4.78, 5) is 1.97. The van der Waals surface area contributed by atoms with Crippen LogP contribution < -0.4 is 0 Å². The molecule has 1 unspecified atom stereocenters. The fraction of sp³-hybridized carbons (Fsp3) is 0.280. The Balaban J connectivity index is 1.73. The monoisotopic (exact) mass is 427 g/mol. The summed E-state index contributed by atoms with van der Waals surface area (Å²) in [7, 11) is 0. The molecule has 1 aliphatic rings. The summed E-state index contributed by atoms with van der Waals surface area (Å²) < 4.78 is 39.7. The Bertz CT molecular complexity index is 982. The molecule has 0 aromatic heterocycles. The van der Waals surface area contributed by atoms with Crippen molar-refractivity contribution in [3.8, 4) is 5.75 Å². The molecule has 1 saturated heterocycles. The molecule has 4 rings (SSSR count). The lowest BCUT2D eigenvalue weighted by Gasteiger charge is -2.40. The van der Waals surface area contributed by atoms with E-state index in [2.05, 4.69) is 0 Å². The fourth-order valence-electron chi connectivity index (χ4n) is 4.59. The third-order valence-electron chi connectivity index (χ3n) is 6.07. The first kappa shape index (κ1) is 21.4. The molecule has 0 radical (unpaired) electrons. The largest absolute Gasteiger partial charge is 0.507 e. The summed E-state index contributed by atoms with van der Waals surface area (Å²) in [5.41, 5.74) is -0.721. The van der Waals surface area contributed by atoms with Gasteiger partial charge in [0.25, 0.3) is 0 Å². The van der Waals surface area contributed by atoms with Crippen LogP contribution in [0.3, 0.4) is 0 Å². The van der Waals surface area contributed by atoms with Gasteiger partial charge in [0, 0.05) is 18.2 Å². The minimum atomic E-state index is -4.63. The third kappa shape index (κ3) is 4.05. The number of aliphatic hydroxyl groups is 1. The molecule has 0 spiro atoms. The summed E-state index contributed by atoms with van der Waals surface area (Å²) in [6, 6.07) is 22.0. The minimum absolute atomic E-state index is 0.113. The van der Waals surface area contributed by atoms with Crippen LogP contribution in [-0.2, 0) is 18.3 Å². The van der Waals surface area contributed by atoms with Crippen molar-refractivity contribution in [2.24, 2.45) is 0 Å². The van der Waals surface area contributed by atoms with Crippen LogP contribution in [0.25, 0.3) is 0 Å². The number of likely N-dealkylation sites (tertiary alicyclic amines) is 1. The van der Waals surface area contributed by atoms with E-state index in [1.807, 2.05) is 65.6 Å². The molecule has 162 valence electrons. The molecule has 1 atom stereocenters. The highest BCUT2D eigenvalue weighted by Crippen LogP contribution is 2.42. The molecule has 31 heavy (non-hydrogen) atoms. The van der Waals surface area contributed by atoms with Crippen LogP contribution in [0.4, 0.5) is 13.2 Å². The molecule has 3 aromatic carbocycles. The van der Waals surface area contributed by atoms with E-state index in [-0.39, 0.29) is 18.2 Å². The quantitative estimate of drug-likeness (QED) is 0.580. The Morgan fingerprint density at radius 3 is 1.97 bits per heavy atom. The number of alkyl halides is 3. The molecule has 0 amide bonds. The lowest BCUT2D eigenvalue weighted by molar-refractivity contribution is -0.138. The topological polar surface area (TPSA) is 43.7 Å². The summed E-state index contributed by atoms with van der Waals surface area (Å²) in [6.45, 7) is 0.727. The first-order valence-corrected chi connectivity index (χ1v) is 10.3. The highest BCUT2D eigenvalue weighted by atomic mass is 19.4. The number of para-hydroxylation sites is 1. The van der Waals surface area contributed by atoms with Gasteiger partial charge in [0.05, 0.1) is 5.56 Å². The minimum Gasteiger partial charge on any atom is -0.507 e. The second-order valence-electron chi connectivity index (χ2n) is 7.94. The Morgan fingerprint density at radius 2 is 1.42 bits per heavy atom. The van der Waals surface area contributed by atoms with E-state index >= 15 is 0 Å². The normalized spacial score (nSPS) is 17.7. The maximum atomic E-state index is 13.2. The lowest BCUT2D eigenvalue weighted by Crippen LogP contribution is -2.48. The van der Waals surface area contributed by atoms with E-state index in [0.717, 1.165) is 23.6 Å². The maximum Gasteiger partial charge on any atom is 0.419 e. The van der Waals surface area contributed by atoms with Crippen LogP contribution >= 0.6 is 0 Å². The number of halogens is 3. The van der Waals surface area contributed by atoms with E-state index in [9.17, 15) is 23.4 Å². The number of phenolic OH excluding ortho intramolecular Hbond substituents is 1. The second-order valence-corrected chi connectivity index (χ2v) is 7.94. The SMILES string of the molecule is Oc1c(CN2CCCC2C(O)(c2ccccc2)c2ccccc2)cccc1C(F)(F)F. The van der Waals surface area contributed by atoms with Gasteiger partial charge in [-0.2, -0.15) is 13.2 Å². The molecule has 0 saturated carbocycles. The smallest absolute Gasteiger partial charge is 0.419 e. The second kappa shape index (κ2) is 8.36. The van der Waals surface area contributed by atoms with E-state index in [0.29, 0.717) is 13.0 Å². The summed E-state index contributed by atoms with van der Waals surface area (Å²) in [6.07, 6.45) is -3.15. The summed E-state index contributed by atoms with van der Waals surface area (Å²) >= 11 is 0. The van der Waals surface area contributed by atoms with E-state index in [4.69, 9.17) is 0 Å². The van der Waals surface area contributed by atoms with E-state index in [1.165, 1.54) is 12.1 Å². The average molecular weight is 427 g/mol. The van der Waals surface area contributed by atoms with Crippen molar-refractivity contribution in [3.05, 3.63) is 101 Å². The molecule has 1 aliphatic heterocycles. The maximum absolute atomic E-state index is 13.2. The Hall–Kier alpha value is -2.83. The van der Waals surface area contributed by atoms with E-state index < -0.39 is 23.1 Å². The zero-order valence-corrected chi connectivity index (χ0v) is 16.9. The van der Waals surface area contributed by atoms with Gasteiger partial charge in [-0.1, -0.05) is 72.8 Å². The molecular weight excluding hydrogens is 403 g/mol. The lowest BCUT2D eigenvalue weighted by atomic mass is 9.79. The Kier molecular flexibility index (Phi) is 5.77. The molecule has 0 bridgehead atoms. The molecular formula is C25H24F3NO2. The molecule has 6 heteroatoms. The van der Waals surface area contributed by atoms with Crippen molar-refractivity contribution >= 4 is 0 Å². The van der Waals surface area contributed by atoms with Crippen molar-refractivity contribution in [1.29, 1.82) is 0 Å². The van der Waals surface area contributed by atoms with Gasteiger partial charge < -0.3 is 10.2 Å². The van der Waals surface area contributed by atoms with Crippen molar-refractivity contribution in [3.63, 3.8) is 0 Å². The predicted octanol–water partition coefficient (Wildman–Crippen LogP) is 5.31. The fourth-order valence-corrected chi connectivity index (χ4v) is 4.59. The van der Waals surface area contributed by atoms with Crippen molar-refractivity contribution in [2.45, 2.75) is 37.2 Å².